The van der Waals surface area contributed by atoms with Gasteiger partial charge in [-0.05, 0) is 255 Å². The molecule has 18 heterocycles. The number of alkyl halides is 1. The number of aromatic amines is 1. The molecule has 8 aromatic rings. The number of nitrogens with zero attached hydrogens (tertiary/aromatic N) is 7. The fraction of sp³-hybridized carbons (Fsp3) is 0.661. The number of aromatic hydroxyl groups is 1. The number of aliphatic hydroxyl groups is 4. The summed E-state index contributed by atoms with van der Waals surface area (Å²) in [5, 5.41) is 54.6. The molecule has 4 aromatic heterocycles. The Hall–Kier alpha value is -8.17. The highest BCUT2D eigenvalue weighted by atomic mass is 79.9. The second-order valence-corrected chi connectivity index (χ2v) is 42.9. The van der Waals surface area contributed by atoms with Crippen molar-refractivity contribution in [1.29, 1.82) is 0 Å². The number of fused-ring (bicyclic) bond motifs is 16. The van der Waals surface area contributed by atoms with Crippen molar-refractivity contribution < 1.29 is 96.9 Å². The lowest BCUT2D eigenvalue weighted by molar-refractivity contribution is -0.277. The number of hydrogen-bond acceptors (Lipinski definition) is 24. The first-order chi connectivity index (χ1) is 66.4. The second-order valence-electron chi connectivity index (χ2n) is 41.7. The van der Waals surface area contributed by atoms with Gasteiger partial charge in [-0.1, -0.05) is 136 Å². The predicted octanol–water partition coefficient (Wildman–Crippen LogP) is 20.4. The number of nitrogens with one attached hydrogen (secondary N) is 1. The zero-order valence-corrected chi connectivity index (χ0v) is 85.2. The van der Waals surface area contributed by atoms with Gasteiger partial charge in [0.05, 0.1) is 55.7 Å². The number of benzene rings is 4. The maximum Gasteiger partial charge on any atom is 0.418 e. The Morgan fingerprint density at radius 1 is 0.458 bits per heavy atom. The SMILES string of the molecule is C.C.C.C.CC(=O)OC[C@H]1O[C@@H](Br)[C@H](OC(C)=O)[C@@H](C)[C@@H]1C.CCOC(=O)Cl.CCOC(=O)n1c2c(c3cc(C)ccc31)CCN1C[C@H]3C[C@H](CC)C1[C@H]2C3.CCOC(=O)n1c2c(c3cc(O)ccc31)CCN1C[C@H]3C[C@H](CC)C1[C@H]2C3.CCOC(=O)n1c2c(c3cc(OC4O[C@H](CO)[C@@H](O)[C@H](O)[C@H]4O)ccc31)CCN1C[C@H]3C[C@H](CC)C1[C@H]2C3.CC[C@H]1C[C@H]2C[C@H]3c4[nH]c5ccc(C)cc5c4CCN(C2)C13. The van der Waals surface area contributed by atoms with Gasteiger partial charge in [0, 0.05) is 181 Å². The van der Waals surface area contributed by atoms with Gasteiger partial charge >= 0.3 is 35.6 Å². The number of carbonyl (C=O) groups is 6. The normalized spacial score (nSPS) is 32.7. The molecule has 6 N–H and O–H groups in total. The van der Waals surface area contributed by atoms with Crippen LogP contribution in [0.2, 0.25) is 0 Å². The summed E-state index contributed by atoms with van der Waals surface area (Å²) in [6.07, 6.45) is 11.0. The molecule has 4 aromatic carbocycles. The molecule has 26 rings (SSSR count). The highest BCUT2D eigenvalue weighted by Crippen LogP contribution is 2.58. The van der Waals surface area contributed by atoms with Crippen molar-refractivity contribution in [2.75, 3.05) is 92.0 Å². The van der Waals surface area contributed by atoms with E-state index in [4.69, 9.17) is 49.5 Å². The lowest BCUT2D eigenvalue weighted by Gasteiger charge is -2.53. The Morgan fingerprint density at radius 2 is 0.859 bits per heavy atom. The summed E-state index contributed by atoms with van der Waals surface area (Å²) in [4.78, 5) is 85.5. The number of aliphatic hydroxyl groups excluding tert-OH is 4. The van der Waals surface area contributed by atoms with Crippen LogP contribution in [0.5, 0.6) is 11.5 Å². The molecule has 30 heteroatoms. The number of phenolic OH excluding ortho intramolecular Hbond substituents is 1. The number of aryl methyl sites for hydroxylation is 2. The molecule has 30 atom stereocenters. The van der Waals surface area contributed by atoms with Crippen LogP contribution in [-0.4, -0.2) is 264 Å². The van der Waals surface area contributed by atoms with Crippen LogP contribution in [0.15, 0.2) is 72.8 Å². The Bertz CT molecular complexity index is 5580. The van der Waals surface area contributed by atoms with Crippen molar-refractivity contribution >= 4 is 107 Å². The van der Waals surface area contributed by atoms with Gasteiger partial charge in [-0.3, -0.25) is 29.2 Å². The van der Waals surface area contributed by atoms with Crippen molar-refractivity contribution in [3.8, 4) is 11.5 Å². The first kappa shape index (κ1) is 111. The van der Waals surface area contributed by atoms with E-state index in [0.717, 1.165) is 151 Å². The van der Waals surface area contributed by atoms with E-state index in [9.17, 15) is 54.3 Å². The van der Waals surface area contributed by atoms with Crippen LogP contribution in [0.3, 0.4) is 0 Å². The van der Waals surface area contributed by atoms with E-state index in [1.165, 1.54) is 148 Å². The molecule has 0 radical (unpaired) electrons. The van der Waals surface area contributed by atoms with Gasteiger partial charge in [0.15, 0.2) is 0 Å². The van der Waals surface area contributed by atoms with Crippen LogP contribution in [0, 0.1) is 73.0 Å². The lowest BCUT2D eigenvalue weighted by atomic mass is 9.65. The summed E-state index contributed by atoms with van der Waals surface area (Å²) < 4.78 is 53.6. The topological polar surface area (TPSA) is 330 Å². The molecule has 4 saturated carbocycles. The molecule has 14 fully saturated rings. The Balaban J connectivity index is 0.000000149. The molecule has 0 amide bonds. The van der Waals surface area contributed by atoms with E-state index >= 15 is 0 Å². The van der Waals surface area contributed by atoms with Gasteiger partial charge in [0.2, 0.25) is 6.29 Å². The van der Waals surface area contributed by atoms with Crippen LogP contribution in [0.1, 0.15) is 270 Å². The first-order valence-electron chi connectivity index (χ1n) is 51.6. The van der Waals surface area contributed by atoms with Gasteiger partial charge in [0.1, 0.15) is 53.6 Å². The monoisotopic (exact) mass is 2050 g/mol. The minimum atomic E-state index is -1.52. The van der Waals surface area contributed by atoms with Crippen LogP contribution < -0.4 is 4.74 Å². The molecule has 18 aliphatic rings. The number of piperidine rings is 8. The molecule has 4 aliphatic carbocycles. The molecule has 28 nitrogen and oxygen atoms in total. The van der Waals surface area contributed by atoms with Crippen LogP contribution in [0.25, 0.3) is 43.6 Å². The van der Waals surface area contributed by atoms with Crippen LogP contribution in [0.4, 0.5) is 19.2 Å². The largest absolute Gasteiger partial charge is 0.508 e. The third-order valence-electron chi connectivity index (χ3n) is 33.8. The standard InChI is InChI=1S/C28H38N2O8.C23H30N2O2.C22H28N2O3.C20H26N2.C12H19BrO5.C3H5ClO2.4CH4/c1-3-15-9-14-10-19-22(15)29(12-14)8-7-17-18-11-16(5-6-20(18)30(23(17)19)28(35)36-4-2)37-27-26(34)25(33)24(32)21(13-31)38-27;1-4-16-11-15-12-19-21(16)24(13-15)9-8-17-18-10-14(3)6-7-20(18)25(22(17)19)23(26)27-5-2;1-3-14-9-13-10-18-20(14)23(12-13)8-7-16-17-11-15(25)5-6-19(17)24(21(16)18)22(26)27-4-2;1-3-14-9-13-10-17-19-15(6-7-22(11-13)20(14)17)16-8-12(2)4-5-18(16)21-19;1-6-7(2)11(17-9(4)15)12(13)18-10(6)5-16-8(3)14;1-2-6-3(4)5;;;;/h5-6,11,14-15,19,21-22,24-27,31-34H,3-4,7-10,12-13H2,1-2H3;6-7,10,15-16,19,21H,4-5,8-9,11-13H2,1-3H3;5-6,11,13-14,18,20,25H,3-4,7-10,12H2,1-2H3;4-5,8,13-14,17,20-21H,3,6-7,9-11H2,1-2H3;6-7,10-12H,5H2,1-4H3;2H2,1H3;4*1H4/t14-,15-,19+,21+,22?,24+,25-,26+,27?;15-,16-,19+,21?;13-,14-,18+,20?;13-,14-,17-,20?;6-,7-,10+,11+,12+;;;;;/m00000...../s1. The van der Waals surface area contributed by atoms with Crippen molar-refractivity contribution in [1.82, 2.24) is 38.3 Å². The molecule has 9 unspecified atom stereocenters. The van der Waals surface area contributed by atoms with E-state index in [-0.39, 0.29) is 114 Å². The van der Waals surface area contributed by atoms with E-state index in [1.807, 2.05) is 68.0 Å². The van der Waals surface area contributed by atoms with E-state index in [0.29, 0.717) is 73.3 Å². The number of esters is 2. The fourth-order valence-corrected chi connectivity index (χ4v) is 29.0. The Labute approximate surface area is 853 Å². The third-order valence-corrected chi connectivity index (χ3v) is 34.6. The molecule has 0 spiro atoms. The number of ether oxygens (including phenoxy) is 9. The molecule has 142 heavy (non-hydrogen) atoms. The van der Waals surface area contributed by atoms with Crippen molar-refractivity contribution in [2.45, 2.75) is 325 Å². The minimum absolute atomic E-state index is 0. The number of phenols is 1. The van der Waals surface area contributed by atoms with Gasteiger partial charge < -0.3 is 73.1 Å². The zero-order chi connectivity index (χ0) is 97.8. The predicted molar refractivity (Wildman–Crippen MR) is 558 cm³/mol. The average molecular weight is 2060 g/mol. The number of hydrogen-bond donors (Lipinski definition) is 6. The van der Waals surface area contributed by atoms with Gasteiger partial charge in [0.25, 0.3) is 0 Å². The van der Waals surface area contributed by atoms with Crippen molar-refractivity contribution in [3.05, 3.63) is 129 Å². The molecule has 16 bridgehead atoms. The summed E-state index contributed by atoms with van der Waals surface area (Å²) in [5.41, 5.74) is 16.4. The van der Waals surface area contributed by atoms with Crippen LogP contribution in [-0.2, 0) is 73.2 Å². The summed E-state index contributed by atoms with van der Waals surface area (Å²) >= 11 is 8.08. The van der Waals surface area contributed by atoms with E-state index in [2.05, 4.69) is 123 Å². The number of H-pyrrole nitrogens is 1. The summed E-state index contributed by atoms with van der Waals surface area (Å²) in [7, 11) is 0. The number of carbonyl (C=O) groups excluding carboxylic acids is 6. The summed E-state index contributed by atoms with van der Waals surface area (Å²) in [6.45, 7) is 38.0. The summed E-state index contributed by atoms with van der Waals surface area (Å²) in [6, 6.07) is 26.5. The highest BCUT2D eigenvalue weighted by molar-refractivity contribution is 9.09. The number of aromatic nitrogens is 4. The highest BCUT2D eigenvalue weighted by Gasteiger charge is 2.56. The Kier molecular flexibility index (Phi) is 37.0. The number of rotatable bonds is 14. The average Bonchev–Trinajstić information content (AvgIpc) is 1.57. The molecular formula is C112H162BrClN8O20. The van der Waals surface area contributed by atoms with E-state index in [1.54, 1.807) is 34.9 Å². The zero-order valence-electron chi connectivity index (χ0n) is 82.9. The van der Waals surface area contributed by atoms with Crippen molar-refractivity contribution in [3.63, 3.8) is 0 Å². The second kappa shape index (κ2) is 47.3. The summed E-state index contributed by atoms with van der Waals surface area (Å²) in [5.74, 6) is 8.09. The van der Waals surface area contributed by atoms with Gasteiger partial charge in [-0.15, -0.1) is 0 Å². The van der Waals surface area contributed by atoms with Crippen LogP contribution >= 0.6 is 27.5 Å². The molecule has 10 saturated heterocycles. The smallest absolute Gasteiger partial charge is 0.418 e. The Morgan fingerprint density at radius 3 is 1.27 bits per heavy atom. The van der Waals surface area contributed by atoms with Gasteiger partial charge in [-0.25, -0.2) is 32.9 Å². The maximum atomic E-state index is 13.4. The third kappa shape index (κ3) is 21.7. The fourth-order valence-electron chi connectivity index (χ4n) is 28.1. The van der Waals surface area contributed by atoms with Crippen molar-refractivity contribution in [2.24, 2.45) is 59.2 Å². The number of halogens is 2. The first-order valence-corrected chi connectivity index (χ1v) is 52.9. The molecular weight excluding hydrogens is 1890 g/mol. The van der Waals surface area contributed by atoms with E-state index < -0.39 is 42.7 Å². The van der Waals surface area contributed by atoms with Gasteiger partial charge in [-0.2, -0.15) is 0 Å². The molecule has 14 aliphatic heterocycles. The minimum Gasteiger partial charge on any atom is -0.508 e. The lowest BCUT2D eigenvalue weighted by Crippen LogP contribution is -2.60. The maximum absolute atomic E-state index is 13.4. The molecule has 784 valence electrons. The quantitative estimate of drug-likeness (QED) is 0.0255.